The van der Waals surface area contributed by atoms with Gasteiger partial charge in [-0.05, 0) is 29.8 Å². The SMILES string of the molecule is O=C(O)CCC(=NO)c1ccc(-c2ccc(Cl)cc2)s1. The van der Waals surface area contributed by atoms with E-state index in [0.29, 0.717) is 10.7 Å². The Morgan fingerprint density at radius 2 is 1.85 bits per heavy atom. The summed E-state index contributed by atoms with van der Waals surface area (Å²) in [6.07, 6.45) is 0.139. The zero-order valence-electron chi connectivity index (χ0n) is 10.4. The fourth-order valence-corrected chi connectivity index (χ4v) is 2.86. The maximum Gasteiger partial charge on any atom is 0.303 e. The highest BCUT2D eigenvalue weighted by atomic mass is 35.5. The summed E-state index contributed by atoms with van der Waals surface area (Å²) in [6.45, 7) is 0. The van der Waals surface area contributed by atoms with Crippen molar-refractivity contribution in [3.8, 4) is 10.4 Å². The molecule has 2 N–H and O–H groups in total. The van der Waals surface area contributed by atoms with Gasteiger partial charge in [0, 0.05) is 16.3 Å². The van der Waals surface area contributed by atoms with Gasteiger partial charge in [-0.2, -0.15) is 0 Å². The van der Waals surface area contributed by atoms with Crippen LogP contribution in [0, 0.1) is 0 Å². The summed E-state index contributed by atoms with van der Waals surface area (Å²) in [7, 11) is 0. The Kier molecular flexibility index (Phi) is 4.76. The van der Waals surface area contributed by atoms with Crippen LogP contribution in [0.5, 0.6) is 0 Å². The average Bonchev–Trinajstić information content (AvgIpc) is 2.89. The Morgan fingerprint density at radius 1 is 1.15 bits per heavy atom. The van der Waals surface area contributed by atoms with Crippen molar-refractivity contribution in [3.05, 3.63) is 46.3 Å². The van der Waals surface area contributed by atoms with Crippen LogP contribution in [0.3, 0.4) is 0 Å². The molecule has 4 nitrogen and oxygen atoms in total. The number of aliphatic carboxylic acids is 1. The van der Waals surface area contributed by atoms with Gasteiger partial charge >= 0.3 is 5.97 Å². The van der Waals surface area contributed by atoms with E-state index >= 15 is 0 Å². The van der Waals surface area contributed by atoms with E-state index in [4.69, 9.17) is 21.9 Å². The molecular formula is C14H12ClNO3S. The van der Waals surface area contributed by atoms with Gasteiger partial charge in [0.15, 0.2) is 0 Å². The van der Waals surface area contributed by atoms with Crippen LogP contribution in [-0.2, 0) is 4.79 Å². The zero-order chi connectivity index (χ0) is 14.5. The first-order valence-corrected chi connectivity index (χ1v) is 7.08. The van der Waals surface area contributed by atoms with E-state index in [-0.39, 0.29) is 12.8 Å². The van der Waals surface area contributed by atoms with E-state index in [2.05, 4.69) is 5.16 Å². The van der Waals surface area contributed by atoms with Crippen molar-refractivity contribution in [1.82, 2.24) is 0 Å². The summed E-state index contributed by atoms with van der Waals surface area (Å²) in [5.41, 5.74) is 1.40. The molecule has 0 amide bonds. The molecule has 0 fully saturated rings. The Morgan fingerprint density at radius 3 is 2.45 bits per heavy atom. The molecule has 0 atom stereocenters. The number of oxime groups is 1. The first-order chi connectivity index (χ1) is 9.60. The number of carbonyl (C=O) groups is 1. The minimum Gasteiger partial charge on any atom is -0.481 e. The van der Waals surface area contributed by atoms with Crippen LogP contribution in [-0.4, -0.2) is 22.0 Å². The van der Waals surface area contributed by atoms with E-state index < -0.39 is 5.97 Å². The number of rotatable bonds is 5. The van der Waals surface area contributed by atoms with Gasteiger partial charge in [0.2, 0.25) is 0 Å². The third-order valence-electron chi connectivity index (χ3n) is 2.72. The van der Waals surface area contributed by atoms with Crippen LogP contribution in [0.4, 0.5) is 0 Å². The number of thiophene rings is 1. The van der Waals surface area contributed by atoms with Crippen LogP contribution in [0.25, 0.3) is 10.4 Å². The summed E-state index contributed by atoms with van der Waals surface area (Å²) in [5, 5.41) is 21.5. The highest BCUT2D eigenvalue weighted by molar-refractivity contribution is 7.17. The van der Waals surface area contributed by atoms with Crippen molar-refractivity contribution in [2.45, 2.75) is 12.8 Å². The van der Waals surface area contributed by atoms with Crippen molar-refractivity contribution in [2.75, 3.05) is 0 Å². The van der Waals surface area contributed by atoms with Gasteiger partial charge in [-0.25, -0.2) is 0 Å². The number of hydrogen-bond acceptors (Lipinski definition) is 4. The van der Waals surface area contributed by atoms with Crippen LogP contribution < -0.4 is 0 Å². The third-order valence-corrected chi connectivity index (χ3v) is 4.15. The Hall–Kier alpha value is -1.85. The molecule has 6 heteroatoms. The molecule has 0 aliphatic rings. The Balaban J connectivity index is 2.19. The molecule has 1 aromatic heterocycles. The number of nitrogens with zero attached hydrogens (tertiary/aromatic N) is 1. The second-order valence-electron chi connectivity index (χ2n) is 4.11. The molecule has 20 heavy (non-hydrogen) atoms. The van der Waals surface area contributed by atoms with E-state index in [0.717, 1.165) is 15.3 Å². The summed E-state index contributed by atoms with van der Waals surface area (Å²) in [5.74, 6) is -0.916. The number of benzene rings is 1. The van der Waals surface area contributed by atoms with Crippen LogP contribution in [0.2, 0.25) is 5.02 Å². The lowest BCUT2D eigenvalue weighted by atomic mass is 10.1. The standard InChI is InChI=1S/C14H12ClNO3S/c15-10-3-1-9(2-4-10)12-6-7-13(20-12)11(16-19)5-8-14(17)18/h1-4,6-7,19H,5,8H2,(H,17,18). The Bertz CT molecular complexity index is 634. The third kappa shape index (κ3) is 3.59. The molecule has 0 aliphatic heterocycles. The lowest BCUT2D eigenvalue weighted by Crippen LogP contribution is -2.03. The average molecular weight is 310 g/mol. The highest BCUT2D eigenvalue weighted by Gasteiger charge is 2.11. The predicted molar refractivity (Wildman–Crippen MR) is 80.0 cm³/mol. The molecule has 0 aliphatic carbocycles. The summed E-state index contributed by atoms with van der Waals surface area (Å²) in [6, 6.07) is 11.2. The number of halogens is 1. The largest absolute Gasteiger partial charge is 0.481 e. The van der Waals surface area contributed by atoms with Crippen molar-refractivity contribution in [1.29, 1.82) is 0 Å². The lowest BCUT2D eigenvalue weighted by Gasteiger charge is -1.99. The number of carboxylic acids is 1. The molecule has 0 radical (unpaired) electrons. The molecule has 0 bridgehead atoms. The molecule has 0 unspecified atom stereocenters. The molecule has 1 aromatic carbocycles. The first kappa shape index (κ1) is 14.6. The lowest BCUT2D eigenvalue weighted by molar-refractivity contribution is -0.136. The molecular weight excluding hydrogens is 298 g/mol. The minimum absolute atomic E-state index is 0.0619. The van der Waals surface area contributed by atoms with E-state index in [1.54, 1.807) is 0 Å². The Labute approximate surface area is 124 Å². The van der Waals surface area contributed by atoms with Gasteiger partial charge in [0.05, 0.1) is 17.0 Å². The van der Waals surface area contributed by atoms with Crippen molar-refractivity contribution in [3.63, 3.8) is 0 Å². The number of hydrogen-bond donors (Lipinski definition) is 2. The minimum atomic E-state index is -0.916. The second-order valence-corrected chi connectivity index (χ2v) is 5.63. The smallest absolute Gasteiger partial charge is 0.303 e. The summed E-state index contributed by atoms with van der Waals surface area (Å²) < 4.78 is 0. The van der Waals surface area contributed by atoms with Crippen molar-refractivity contribution >= 4 is 34.6 Å². The molecule has 2 rings (SSSR count). The first-order valence-electron chi connectivity index (χ1n) is 5.89. The van der Waals surface area contributed by atoms with Gasteiger partial charge in [-0.3, -0.25) is 4.79 Å². The fourth-order valence-electron chi connectivity index (χ4n) is 1.71. The molecule has 2 aromatic rings. The molecule has 104 valence electrons. The maximum atomic E-state index is 10.6. The highest BCUT2D eigenvalue weighted by Crippen LogP contribution is 2.30. The fraction of sp³-hybridized carbons (Fsp3) is 0.143. The monoisotopic (exact) mass is 309 g/mol. The van der Waals surface area contributed by atoms with E-state index in [1.807, 2.05) is 36.4 Å². The van der Waals surface area contributed by atoms with Crippen LogP contribution >= 0.6 is 22.9 Å². The topological polar surface area (TPSA) is 69.9 Å². The van der Waals surface area contributed by atoms with Crippen LogP contribution in [0.1, 0.15) is 17.7 Å². The zero-order valence-corrected chi connectivity index (χ0v) is 12.0. The summed E-state index contributed by atoms with van der Waals surface area (Å²) in [4.78, 5) is 12.3. The van der Waals surface area contributed by atoms with E-state index in [9.17, 15) is 4.79 Å². The second kappa shape index (κ2) is 6.54. The van der Waals surface area contributed by atoms with Gasteiger partial charge in [-0.15, -0.1) is 11.3 Å². The summed E-state index contributed by atoms with van der Waals surface area (Å²) >= 11 is 7.29. The van der Waals surface area contributed by atoms with Gasteiger partial charge in [-0.1, -0.05) is 28.9 Å². The molecule has 1 heterocycles. The molecule has 0 saturated heterocycles. The van der Waals surface area contributed by atoms with Gasteiger partial charge in [0.1, 0.15) is 0 Å². The van der Waals surface area contributed by atoms with Crippen molar-refractivity contribution in [2.24, 2.45) is 5.16 Å². The van der Waals surface area contributed by atoms with E-state index in [1.165, 1.54) is 11.3 Å². The normalized spacial score (nSPS) is 11.6. The van der Waals surface area contributed by atoms with Crippen molar-refractivity contribution < 1.29 is 15.1 Å². The molecule has 0 saturated carbocycles. The predicted octanol–water partition coefficient (Wildman–Crippen LogP) is 4.11. The van der Waals surface area contributed by atoms with Crippen LogP contribution in [0.15, 0.2) is 41.6 Å². The number of carboxylic acid groups (broad SMARTS) is 1. The molecule has 0 spiro atoms. The van der Waals surface area contributed by atoms with Gasteiger partial charge < -0.3 is 10.3 Å². The quantitative estimate of drug-likeness (QED) is 0.496. The van der Waals surface area contributed by atoms with Gasteiger partial charge in [0.25, 0.3) is 0 Å². The maximum absolute atomic E-state index is 10.6.